The lowest BCUT2D eigenvalue weighted by Crippen LogP contribution is -2.38. The molecule has 4 nitrogen and oxygen atoms in total. The molecule has 7 heteroatoms. The van der Waals surface area contributed by atoms with E-state index in [4.69, 9.17) is 0 Å². The van der Waals surface area contributed by atoms with Crippen LogP contribution in [0.3, 0.4) is 0 Å². The summed E-state index contributed by atoms with van der Waals surface area (Å²) in [5.74, 6) is 0.426. The van der Waals surface area contributed by atoms with Gasteiger partial charge < -0.3 is 15.2 Å². The Balaban J connectivity index is 0.00000242. The van der Waals surface area contributed by atoms with Gasteiger partial charge in [-0.1, -0.05) is 15.9 Å². The quantitative estimate of drug-likeness (QED) is 0.391. The maximum atomic E-state index is 13.6. The molecule has 0 atom stereocenters. The standard InChI is InChI=1S/C15H18BrFN4.HI/c1-18-15(19-6-9-21-7-2-3-8-21)20-11-12-10-13(16)4-5-14(12)17;/h2-5,7-8,10H,6,9,11H2,1H3,(H2,18,19,20);1H. The van der Waals surface area contributed by atoms with Crippen LogP contribution in [-0.2, 0) is 13.1 Å². The second kappa shape index (κ2) is 9.83. The van der Waals surface area contributed by atoms with Crippen molar-refractivity contribution in [1.82, 2.24) is 15.2 Å². The number of nitrogens with one attached hydrogen (secondary N) is 2. The molecule has 0 radical (unpaired) electrons. The lowest BCUT2D eigenvalue weighted by molar-refractivity contribution is 0.603. The lowest BCUT2D eigenvalue weighted by Gasteiger charge is -2.13. The molecular formula is C15H19BrFIN4. The zero-order valence-corrected chi connectivity index (χ0v) is 16.1. The average Bonchev–Trinajstić information content (AvgIpc) is 2.99. The summed E-state index contributed by atoms with van der Waals surface area (Å²) in [7, 11) is 1.70. The monoisotopic (exact) mass is 480 g/mol. The minimum Gasteiger partial charge on any atom is -0.355 e. The van der Waals surface area contributed by atoms with E-state index >= 15 is 0 Å². The van der Waals surface area contributed by atoms with Crippen LogP contribution in [0.25, 0.3) is 0 Å². The fourth-order valence-electron chi connectivity index (χ4n) is 1.90. The Kier molecular flexibility index (Phi) is 8.47. The molecule has 0 aliphatic carbocycles. The fraction of sp³-hybridized carbons (Fsp3) is 0.267. The van der Waals surface area contributed by atoms with Crippen LogP contribution in [0.4, 0.5) is 4.39 Å². The van der Waals surface area contributed by atoms with Crippen molar-refractivity contribution in [3.63, 3.8) is 0 Å². The summed E-state index contributed by atoms with van der Waals surface area (Å²) in [5, 5.41) is 6.30. The summed E-state index contributed by atoms with van der Waals surface area (Å²) in [6.07, 6.45) is 4.02. The molecule has 0 saturated heterocycles. The first-order valence-corrected chi connectivity index (χ1v) is 7.47. The van der Waals surface area contributed by atoms with Crippen LogP contribution in [0.2, 0.25) is 0 Å². The Morgan fingerprint density at radius 2 is 2.00 bits per heavy atom. The maximum absolute atomic E-state index is 13.6. The van der Waals surface area contributed by atoms with Gasteiger partial charge in [-0.2, -0.15) is 0 Å². The highest BCUT2D eigenvalue weighted by Gasteiger charge is 2.04. The molecular weight excluding hydrogens is 462 g/mol. The number of benzene rings is 1. The SMILES string of the molecule is CN=C(NCCn1cccc1)NCc1cc(Br)ccc1F.I. The van der Waals surface area contributed by atoms with Gasteiger partial charge in [0.1, 0.15) is 5.82 Å². The van der Waals surface area contributed by atoms with Gasteiger partial charge in [-0.3, -0.25) is 4.99 Å². The fourth-order valence-corrected chi connectivity index (χ4v) is 2.31. The van der Waals surface area contributed by atoms with Gasteiger partial charge in [0, 0.05) is 49.1 Å². The first-order valence-electron chi connectivity index (χ1n) is 6.68. The third-order valence-corrected chi connectivity index (χ3v) is 3.50. The largest absolute Gasteiger partial charge is 0.355 e. The smallest absolute Gasteiger partial charge is 0.191 e. The van der Waals surface area contributed by atoms with Gasteiger partial charge in [0.15, 0.2) is 5.96 Å². The minimum atomic E-state index is -0.228. The van der Waals surface area contributed by atoms with Gasteiger partial charge in [0.2, 0.25) is 0 Å². The van der Waals surface area contributed by atoms with Crippen molar-refractivity contribution < 1.29 is 4.39 Å². The van der Waals surface area contributed by atoms with Crippen molar-refractivity contribution in [1.29, 1.82) is 0 Å². The van der Waals surface area contributed by atoms with Crippen molar-refractivity contribution in [2.24, 2.45) is 4.99 Å². The molecule has 1 heterocycles. The van der Waals surface area contributed by atoms with Gasteiger partial charge in [-0.15, -0.1) is 24.0 Å². The molecule has 2 aromatic rings. The summed E-state index contributed by atoms with van der Waals surface area (Å²) in [6.45, 7) is 1.97. The van der Waals surface area contributed by atoms with Crippen LogP contribution in [0.5, 0.6) is 0 Å². The number of rotatable bonds is 5. The van der Waals surface area contributed by atoms with Crippen molar-refractivity contribution in [3.05, 3.63) is 58.6 Å². The number of hydrogen-bond donors (Lipinski definition) is 2. The average molecular weight is 481 g/mol. The lowest BCUT2D eigenvalue weighted by atomic mass is 10.2. The normalized spacial score (nSPS) is 11.0. The zero-order chi connectivity index (χ0) is 15.1. The van der Waals surface area contributed by atoms with E-state index in [0.717, 1.165) is 17.6 Å². The molecule has 120 valence electrons. The van der Waals surface area contributed by atoms with E-state index in [1.54, 1.807) is 19.2 Å². The molecule has 0 aliphatic heterocycles. The van der Waals surface area contributed by atoms with Gasteiger partial charge in [0.05, 0.1) is 0 Å². The van der Waals surface area contributed by atoms with Crippen LogP contribution in [0.1, 0.15) is 5.56 Å². The zero-order valence-electron chi connectivity index (χ0n) is 12.2. The van der Waals surface area contributed by atoms with E-state index < -0.39 is 0 Å². The Hall–Kier alpha value is -1.09. The van der Waals surface area contributed by atoms with Crippen LogP contribution >= 0.6 is 39.9 Å². The van der Waals surface area contributed by atoms with Gasteiger partial charge in [0.25, 0.3) is 0 Å². The molecule has 1 aromatic heterocycles. The van der Waals surface area contributed by atoms with Crippen LogP contribution in [-0.4, -0.2) is 24.1 Å². The summed E-state index contributed by atoms with van der Waals surface area (Å²) in [6, 6.07) is 8.87. The van der Waals surface area contributed by atoms with Crippen molar-refractivity contribution in [2.45, 2.75) is 13.1 Å². The maximum Gasteiger partial charge on any atom is 0.191 e. The Bertz CT molecular complexity index is 602. The van der Waals surface area contributed by atoms with E-state index in [-0.39, 0.29) is 29.8 Å². The Morgan fingerprint density at radius 3 is 2.68 bits per heavy atom. The third kappa shape index (κ3) is 5.96. The van der Waals surface area contributed by atoms with E-state index in [1.165, 1.54) is 6.07 Å². The second-order valence-electron chi connectivity index (χ2n) is 4.51. The van der Waals surface area contributed by atoms with Crippen molar-refractivity contribution >= 4 is 45.9 Å². The van der Waals surface area contributed by atoms with Crippen molar-refractivity contribution in [2.75, 3.05) is 13.6 Å². The summed E-state index contributed by atoms with van der Waals surface area (Å²) >= 11 is 3.34. The van der Waals surface area contributed by atoms with Crippen molar-refractivity contribution in [3.8, 4) is 0 Å². The van der Waals surface area contributed by atoms with E-state index in [9.17, 15) is 4.39 Å². The molecule has 2 rings (SSSR count). The molecule has 0 bridgehead atoms. The van der Waals surface area contributed by atoms with Crippen LogP contribution in [0.15, 0.2) is 52.2 Å². The molecule has 0 saturated carbocycles. The van der Waals surface area contributed by atoms with Gasteiger partial charge in [-0.25, -0.2) is 4.39 Å². The predicted molar refractivity (Wildman–Crippen MR) is 102 cm³/mol. The number of aromatic nitrogens is 1. The van der Waals surface area contributed by atoms with Gasteiger partial charge in [-0.05, 0) is 30.3 Å². The summed E-state index contributed by atoms with van der Waals surface area (Å²) in [5.41, 5.74) is 0.595. The summed E-state index contributed by atoms with van der Waals surface area (Å²) < 4.78 is 16.6. The molecule has 0 unspecified atom stereocenters. The van der Waals surface area contributed by atoms with Crippen LogP contribution < -0.4 is 10.6 Å². The molecule has 2 N–H and O–H groups in total. The first-order chi connectivity index (χ1) is 10.2. The van der Waals surface area contributed by atoms with E-state index in [1.807, 2.05) is 24.5 Å². The molecule has 22 heavy (non-hydrogen) atoms. The first kappa shape index (κ1) is 19.0. The van der Waals surface area contributed by atoms with E-state index in [0.29, 0.717) is 18.1 Å². The highest BCUT2D eigenvalue weighted by Crippen LogP contribution is 2.15. The number of guanidine groups is 1. The van der Waals surface area contributed by atoms with E-state index in [2.05, 4.69) is 36.1 Å². The number of nitrogens with zero attached hydrogens (tertiary/aromatic N) is 2. The topological polar surface area (TPSA) is 41.4 Å². The Labute approximate surface area is 155 Å². The minimum absolute atomic E-state index is 0. The number of halogens is 3. The second-order valence-corrected chi connectivity index (χ2v) is 5.42. The highest BCUT2D eigenvalue weighted by atomic mass is 127. The third-order valence-electron chi connectivity index (χ3n) is 3.01. The van der Waals surface area contributed by atoms with Crippen LogP contribution in [0, 0.1) is 5.82 Å². The molecule has 0 aliphatic rings. The Morgan fingerprint density at radius 1 is 1.27 bits per heavy atom. The summed E-state index contributed by atoms with van der Waals surface area (Å²) in [4.78, 5) is 4.13. The van der Waals surface area contributed by atoms with Gasteiger partial charge >= 0.3 is 0 Å². The molecule has 0 fully saturated rings. The molecule has 1 aromatic carbocycles. The predicted octanol–water partition coefficient (Wildman–Crippen LogP) is 3.37. The highest BCUT2D eigenvalue weighted by molar-refractivity contribution is 14.0. The number of aliphatic imine (C=N–C) groups is 1. The molecule has 0 spiro atoms. The number of hydrogen-bond acceptors (Lipinski definition) is 1. The molecule has 0 amide bonds.